The molecule has 0 aliphatic carbocycles. The topological polar surface area (TPSA) is 73.2 Å². The monoisotopic (exact) mass is 315 g/mol. The molecule has 0 saturated heterocycles. The Morgan fingerprint density at radius 3 is 2.65 bits per heavy atom. The van der Waals surface area contributed by atoms with Gasteiger partial charge in [-0.05, 0) is 24.1 Å². The Balaban J connectivity index is 1.90. The average molecular weight is 315 g/mol. The number of ether oxygens (including phenoxy) is 1. The SMILES string of the molecule is CCCc1cc(=O)n(CC(=O)NCc2ccc(OC)cc2)cn1. The van der Waals surface area contributed by atoms with Crippen molar-refractivity contribution in [1.82, 2.24) is 14.9 Å². The molecular weight excluding hydrogens is 294 g/mol. The lowest BCUT2D eigenvalue weighted by atomic mass is 10.2. The van der Waals surface area contributed by atoms with Crippen LogP contribution in [0.2, 0.25) is 0 Å². The van der Waals surface area contributed by atoms with Crippen LogP contribution in [0, 0.1) is 0 Å². The predicted octanol–water partition coefficient (Wildman–Crippen LogP) is 1.52. The average Bonchev–Trinajstić information content (AvgIpc) is 2.56. The number of amides is 1. The summed E-state index contributed by atoms with van der Waals surface area (Å²) in [6.07, 6.45) is 3.12. The molecule has 122 valence electrons. The quantitative estimate of drug-likeness (QED) is 0.841. The standard InChI is InChI=1S/C17H21N3O3/c1-3-4-14-9-17(22)20(12-19-14)11-16(21)18-10-13-5-7-15(23-2)8-6-13/h5-9,12H,3-4,10-11H2,1-2H3,(H,18,21). The maximum Gasteiger partial charge on any atom is 0.253 e. The molecular formula is C17H21N3O3. The van der Waals surface area contributed by atoms with Gasteiger partial charge in [0.15, 0.2) is 0 Å². The second-order valence-corrected chi connectivity index (χ2v) is 5.22. The van der Waals surface area contributed by atoms with Crippen LogP contribution in [0.15, 0.2) is 41.5 Å². The first-order valence-corrected chi connectivity index (χ1v) is 7.57. The largest absolute Gasteiger partial charge is 0.497 e. The fourth-order valence-corrected chi connectivity index (χ4v) is 2.13. The van der Waals surface area contributed by atoms with Crippen LogP contribution < -0.4 is 15.6 Å². The summed E-state index contributed by atoms with van der Waals surface area (Å²) >= 11 is 0. The summed E-state index contributed by atoms with van der Waals surface area (Å²) in [5, 5.41) is 2.78. The van der Waals surface area contributed by atoms with Gasteiger partial charge in [0, 0.05) is 18.3 Å². The van der Waals surface area contributed by atoms with Crippen LogP contribution in [0.4, 0.5) is 0 Å². The van der Waals surface area contributed by atoms with E-state index < -0.39 is 0 Å². The van der Waals surface area contributed by atoms with Gasteiger partial charge in [-0.1, -0.05) is 25.5 Å². The van der Waals surface area contributed by atoms with Crippen LogP contribution in [0.1, 0.15) is 24.6 Å². The summed E-state index contributed by atoms with van der Waals surface area (Å²) in [6.45, 7) is 2.40. The van der Waals surface area contributed by atoms with Crippen LogP contribution in [-0.2, 0) is 24.3 Å². The summed E-state index contributed by atoms with van der Waals surface area (Å²) < 4.78 is 6.39. The smallest absolute Gasteiger partial charge is 0.253 e. The van der Waals surface area contributed by atoms with Gasteiger partial charge >= 0.3 is 0 Å². The van der Waals surface area contributed by atoms with E-state index in [9.17, 15) is 9.59 Å². The molecule has 0 aliphatic heterocycles. The van der Waals surface area contributed by atoms with Crippen molar-refractivity contribution in [3.8, 4) is 5.75 Å². The number of hydrogen-bond acceptors (Lipinski definition) is 4. The van der Waals surface area contributed by atoms with E-state index in [1.54, 1.807) is 7.11 Å². The third-order valence-electron chi connectivity index (χ3n) is 3.40. The van der Waals surface area contributed by atoms with Gasteiger partial charge in [-0.3, -0.25) is 14.2 Å². The molecule has 1 aromatic carbocycles. The summed E-state index contributed by atoms with van der Waals surface area (Å²) in [7, 11) is 1.61. The molecule has 0 saturated carbocycles. The molecule has 2 aromatic rings. The highest BCUT2D eigenvalue weighted by Crippen LogP contribution is 2.10. The highest BCUT2D eigenvalue weighted by atomic mass is 16.5. The first-order chi connectivity index (χ1) is 11.1. The van der Waals surface area contributed by atoms with Crippen molar-refractivity contribution < 1.29 is 9.53 Å². The van der Waals surface area contributed by atoms with Crippen molar-refractivity contribution in [2.24, 2.45) is 0 Å². The number of aryl methyl sites for hydroxylation is 1. The second-order valence-electron chi connectivity index (χ2n) is 5.22. The number of carbonyl (C=O) groups is 1. The van der Waals surface area contributed by atoms with Gasteiger partial charge in [-0.2, -0.15) is 0 Å². The van der Waals surface area contributed by atoms with Crippen molar-refractivity contribution in [2.45, 2.75) is 32.9 Å². The van der Waals surface area contributed by atoms with Gasteiger partial charge in [-0.15, -0.1) is 0 Å². The summed E-state index contributed by atoms with van der Waals surface area (Å²) in [5.41, 5.74) is 1.51. The highest BCUT2D eigenvalue weighted by molar-refractivity contribution is 5.75. The minimum absolute atomic E-state index is 0.0333. The highest BCUT2D eigenvalue weighted by Gasteiger charge is 2.06. The van der Waals surface area contributed by atoms with Gasteiger partial charge in [0.05, 0.1) is 13.4 Å². The summed E-state index contributed by atoms with van der Waals surface area (Å²) in [4.78, 5) is 28.1. The number of hydrogen-bond donors (Lipinski definition) is 1. The van der Waals surface area contributed by atoms with E-state index in [1.807, 2.05) is 31.2 Å². The van der Waals surface area contributed by atoms with E-state index in [0.29, 0.717) is 6.54 Å². The first-order valence-electron chi connectivity index (χ1n) is 7.57. The van der Waals surface area contributed by atoms with Crippen molar-refractivity contribution in [3.63, 3.8) is 0 Å². The lowest BCUT2D eigenvalue weighted by Crippen LogP contribution is -2.32. The Morgan fingerprint density at radius 2 is 2.04 bits per heavy atom. The Kier molecular flexibility index (Phi) is 5.91. The van der Waals surface area contributed by atoms with Crippen LogP contribution in [-0.4, -0.2) is 22.6 Å². The number of benzene rings is 1. The van der Waals surface area contributed by atoms with Crippen molar-refractivity contribution in [1.29, 1.82) is 0 Å². The molecule has 2 rings (SSSR count). The Bertz CT molecular complexity index is 708. The number of rotatable bonds is 7. The van der Waals surface area contributed by atoms with Crippen LogP contribution in [0.5, 0.6) is 5.75 Å². The Labute approximate surface area is 135 Å². The van der Waals surface area contributed by atoms with E-state index in [4.69, 9.17) is 4.74 Å². The molecule has 0 unspecified atom stereocenters. The van der Waals surface area contributed by atoms with E-state index in [2.05, 4.69) is 10.3 Å². The lowest BCUT2D eigenvalue weighted by Gasteiger charge is -2.08. The van der Waals surface area contributed by atoms with E-state index in [1.165, 1.54) is 17.0 Å². The number of nitrogens with one attached hydrogen (secondary N) is 1. The molecule has 1 aromatic heterocycles. The number of methoxy groups -OCH3 is 1. The Morgan fingerprint density at radius 1 is 1.30 bits per heavy atom. The van der Waals surface area contributed by atoms with Gasteiger partial charge in [0.2, 0.25) is 5.91 Å². The third-order valence-corrected chi connectivity index (χ3v) is 3.40. The minimum atomic E-state index is -0.229. The molecule has 6 heteroatoms. The summed E-state index contributed by atoms with van der Waals surface area (Å²) in [5.74, 6) is 0.540. The fourth-order valence-electron chi connectivity index (χ4n) is 2.13. The molecule has 0 aliphatic rings. The van der Waals surface area contributed by atoms with Crippen LogP contribution in [0.3, 0.4) is 0 Å². The number of aromatic nitrogens is 2. The predicted molar refractivity (Wildman–Crippen MR) is 87.3 cm³/mol. The molecule has 0 spiro atoms. The molecule has 1 heterocycles. The maximum absolute atomic E-state index is 11.9. The van der Waals surface area contributed by atoms with Crippen LogP contribution >= 0.6 is 0 Å². The van der Waals surface area contributed by atoms with Crippen molar-refractivity contribution in [2.75, 3.05) is 7.11 Å². The van der Waals surface area contributed by atoms with Gasteiger partial charge in [-0.25, -0.2) is 4.98 Å². The molecule has 0 fully saturated rings. The maximum atomic E-state index is 11.9. The van der Waals surface area contributed by atoms with Gasteiger partial charge in [0.1, 0.15) is 12.3 Å². The lowest BCUT2D eigenvalue weighted by molar-refractivity contribution is -0.121. The van der Waals surface area contributed by atoms with Crippen molar-refractivity contribution >= 4 is 5.91 Å². The fraction of sp³-hybridized carbons (Fsp3) is 0.353. The van der Waals surface area contributed by atoms with Gasteiger partial charge < -0.3 is 10.1 Å². The third kappa shape index (κ3) is 4.95. The zero-order chi connectivity index (χ0) is 16.7. The molecule has 0 radical (unpaired) electrons. The first kappa shape index (κ1) is 16.7. The number of nitrogens with zero attached hydrogens (tertiary/aromatic N) is 2. The number of carbonyl (C=O) groups excluding carboxylic acids is 1. The summed E-state index contributed by atoms with van der Waals surface area (Å²) in [6, 6.07) is 8.92. The van der Waals surface area contributed by atoms with Crippen molar-refractivity contribution in [3.05, 3.63) is 58.3 Å². The normalized spacial score (nSPS) is 10.3. The zero-order valence-electron chi connectivity index (χ0n) is 13.4. The molecule has 0 atom stereocenters. The van der Waals surface area contributed by atoms with Gasteiger partial charge in [0.25, 0.3) is 5.56 Å². The minimum Gasteiger partial charge on any atom is -0.497 e. The molecule has 0 bridgehead atoms. The second kappa shape index (κ2) is 8.12. The Hall–Kier alpha value is -2.63. The molecule has 1 N–H and O–H groups in total. The zero-order valence-corrected chi connectivity index (χ0v) is 13.4. The van der Waals surface area contributed by atoms with E-state index >= 15 is 0 Å². The van der Waals surface area contributed by atoms with E-state index in [0.717, 1.165) is 29.8 Å². The van der Waals surface area contributed by atoms with Crippen LogP contribution in [0.25, 0.3) is 0 Å². The molecule has 6 nitrogen and oxygen atoms in total. The molecule has 23 heavy (non-hydrogen) atoms. The molecule has 1 amide bonds. The van der Waals surface area contributed by atoms with E-state index in [-0.39, 0.29) is 18.0 Å².